The number of aromatic nitrogens is 1. The molecule has 6 nitrogen and oxygen atoms in total. The number of hydrogen-bond acceptors (Lipinski definition) is 5. The van der Waals surface area contributed by atoms with Crippen molar-refractivity contribution in [2.75, 3.05) is 31.1 Å². The molecule has 0 aliphatic carbocycles. The molecule has 1 aromatic heterocycles. The van der Waals surface area contributed by atoms with Crippen molar-refractivity contribution in [1.29, 1.82) is 5.26 Å². The molecule has 0 bridgehead atoms. The van der Waals surface area contributed by atoms with Crippen molar-refractivity contribution in [1.82, 2.24) is 9.29 Å². The zero-order valence-corrected chi connectivity index (χ0v) is 16.5. The van der Waals surface area contributed by atoms with Crippen LogP contribution in [0.5, 0.6) is 0 Å². The molecule has 1 saturated heterocycles. The topological polar surface area (TPSA) is 77.3 Å². The summed E-state index contributed by atoms with van der Waals surface area (Å²) in [7, 11) is -3.70. The van der Waals surface area contributed by atoms with E-state index in [1.54, 1.807) is 18.3 Å². The lowest BCUT2D eigenvalue weighted by molar-refractivity contribution is 0.385. The van der Waals surface area contributed by atoms with Crippen molar-refractivity contribution >= 4 is 38.2 Å². The lowest BCUT2D eigenvalue weighted by Gasteiger charge is -2.36. The van der Waals surface area contributed by atoms with Gasteiger partial charge in [0, 0.05) is 48.5 Å². The van der Waals surface area contributed by atoms with E-state index in [1.807, 2.05) is 30.3 Å². The minimum atomic E-state index is -3.70. The second kappa shape index (κ2) is 7.40. The molecule has 8 heteroatoms. The second-order valence-electron chi connectivity index (χ2n) is 6.49. The van der Waals surface area contributed by atoms with E-state index >= 15 is 0 Å². The number of hydrogen-bond donors (Lipinski definition) is 0. The summed E-state index contributed by atoms with van der Waals surface area (Å²) in [5.41, 5.74) is 1.99. The van der Waals surface area contributed by atoms with Crippen LogP contribution in [-0.4, -0.2) is 43.9 Å². The first-order valence-corrected chi connectivity index (χ1v) is 10.6. The highest BCUT2D eigenvalue weighted by atomic mass is 35.5. The predicted molar refractivity (Wildman–Crippen MR) is 109 cm³/mol. The number of anilines is 1. The first kappa shape index (κ1) is 18.7. The minimum Gasteiger partial charge on any atom is -0.368 e. The molecule has 0 N–H and O–H groups in total. The number of nitrogens with zero attached hydrogens (tertiary/aromatic N) is 4. The van der Waals surface area contributed by atoms with Gasteiger partial charge in [0.05, 0.1) is 16.0 Å². The van der Waals surface area contributed by atoms with Crippen LogP contribution < -0.4 is 4.90 Å². The highest BCUT2D eigenvalue weighted by Gasteiger charge is 2.30. The van der Waals surface area contributed by atoms with E-state index in [4.69, 9.17) is 11.6 Å². The van der Waals surface area contributed by atoms with Gasteiger partial charge in [0.15, 0.2) is 0 Å². The Morgan fingerprint density at radius 1 is 1.04 bits per heavy atom. The number of fused-ring (bicyclic) bond motifs is 1. The molecule has 4 rings (SSSR count). The first-order chi connectivity index (χ1) is 13.5. The molecule has 3 aromatic rings. The van der Waals surface area contributed by atoms with Gasteiger partial charge in [0.2, 0.25) is 10.0 Å². The Morgan fingerprint density at radius 2 is 1.79 bits per heavy atom. The van der Waals surface area contributed by atoms with Gasteiger partial charge in [-0.25, -0.2) is 8.42 Å². The summed E-state index contributed by atoms with van der Waals surface area (Å²) in [5, 5.41) is 10.8. The van der Waals surface area contributed by atoms with E-state index in [-0.39, 0.29) is 10.5 Å². The molecule has 0 spiro atoms. The van der Waals surface area contributed by atoms with Crippen LogP contribution in [0.1, 0.15) is 5.56 Å². The van der Waals surface area contributed by atoms with E-state index in [2.05, 4.69) is 9.88 Å². The van der Waals surface area contributed by atoms with E-state index in [9.17, 15) is 13.7 Å². The maximum Gasteiger partial charge on any atom is 0.244 e. The van der Waals surface area contributed by atoms with Crippen LogP contribution in [-0.2, 0) is 10.0 Å². The van der Waals surface area contributed by atoms with Crippen LogP contribution >= 0.6 is 11.6 Å². The standard InChI is InChI=1S/C20H17ClN4O2S/c21-16-5-6-17-18(13-16)23-8-7-19(17)24-9-11-25(12-10-24)28(26,27)20-4-2-1-3-15(20)14-22/h1-8,13H,9-12H2. The Balaban J connectivity index is 1.58. The van der Waals surface area contributed by atoms with Crippen molar-refractivity contribution < 1.29 is 8.42 Å². The SMILES string of the molecule is N#Cc1ccccc1S(=O)(=O)N1CCN(c2ccnc3cc(Cl)ccc23)CC1. The highest BCUT2D eigenvalue weighted by Crippen LogP contribution is 2.29. The smallest absolute Gasteiger partial charge is 0.244 e. The summed E-state index contributed by atoms with van der Waals surface area (Å²) in [6, 6.07) is 15.8. The van der Waals surface area contributed by atoms with E-state index in [0.717, 1.165) is 16.6 Å². The summed E-state index contributed by atoms with van der Waals surface area (Å²) in [4.78, 5) is 6.58. The van der Waals surface area contributed by atoms with Gasteiger partial charge in [-0.1, -0.05) is 23.7 Å². The lowest BCUT2D eigenvalue weighted by Crippen LogP contribution is -2.48. The first-order valence-electron chi connectivity index (χ1n) is 8.79. The number of piperazine rings is 1. The fourth-order valence-corrected chi connectivity index (χ4v) is 5.20. The number of halogens is 1. The van der Waals surface area contributed by atoms with E-state index in [1.165, 1.54) is 16.4 Å². The van der Waals surface area contributed by atoms with Gasteiger partial charge in [-0.2, -0.15) is 9.57 Å². The molecule has 0 amide bonds. The normalized spacial score (nSPS) is 15.5. The van der Waals surface area contributed by atoms with E-state index in [0.29, 0.717) is 31.2 Å². The van der Waals surface area contributed by atoms with Crippen LogP contribution in [0, 0.1) is 11.3 Å². The maximum atomic E-state index is 13.0. The molecule has 142 valence electrons. The second-order valence-corrected chi connectivity index (χ2v) is 8.83. The number of nitriles is 1. The van der Waals surface area contributed by atoms with Gasteiger partial charge < -0.3 is 4.90 Å². The Labute approximate surface area is 168 Å². The molecular weight excluding hydrogens is 396 g/mol. The zero-order chi connectivity index (χ0) is 19.7. The number of pyridine rings is 1. The van der Waals surface area contributed by atoms with Crippen LogP contribution in [0.15, 0.2) is 59.6 Å². The summed E-state index contributed by atoms with van der Waals surface area (Å²) in [5.74, 6) is 0. The summed E-state index contributed by atoms with van der Waals surface area (Å²) in [6.45, 7) is 1.80. The van der Waals surface area contributed by atoms with Gasteiger partial charge in [0.1, 0.15) is 6.07 Å². The molecule has 0 radical (unpaired) electrons. The Morgan fingerprint density at radius 3 is 2.54 bits per heavy atom. The quantitative estimate of drug-likeness (QED) is 0.659. The van der Waals surface area contributed by atoms with Crippen molar-refractivity contribution in [3.63, 3.8) is 0 Å². The molecule has 2 aromatic carbocycles. The van der Waals surface area contributed by atoms with Gasteiger partial charge in [-0.3, -0.25) is 4.98 Å². The van der Waals surface area contributed by atoms with Crippen molar-refractivity contribution in [2.24, 2.45) is 0 Å². The van der Waals surface area contributed by atoms with Crippen molar-refractivity contribution in [2.45, 2.75) is 4.90 Å². The number of rotatable bonds is 3. The minimum absolute atomic E-state index is 0.0648. The van der Waals surface area contributed by atoms with Crippen LogP contribution in [0.25, 0.3) is 10.9 Å². The summed E-state index contributed by atoms with van der Waals surface area (Å²) < 4.78 is 27.4. The highest BCUT2D eigenvalue weighted by molar-refractivity contribution is 7.89. The molecule has 28 heavy (non-hydrogen) atoms. The summed E-state index contributed by atoms with van der Waals surface area (Å²) >= 11 is 6.06. The van der Waals surface area contributed by atoms with Gasteiger partial charge in [-0.15, -0.1) is 0 Å². The van der Waals surface area contributed by atoms with Gasteiger partial charge in [-0.05, 0) is 36.4 Å². The largest absolute Gasteiger partial charge is 0.368 e. The molecule has 0 unspecified atom stereocenters. The zero-order valence-electron chi connectivity index (χ0n) is 14.9. The average Bonchev–Trinajstić information content (AvgIpc) is 2.73. The monoisotopic (exact) mass is 412 g/mol. The third-order valence-electron chi connectivity index (χ3n) is 4.89. The Hall–Kier alpha value is -2.66. The molecule has 2 heterocycles. The van der Waals surface area contributed by atoms with Crippen molar-refractivity contribution in [3.05, 3.63) is 65.3 Å². The molecule has 1 aliphatic rings. The molecule has 1 fully saturated rings. The van der Waals surface area contributed by atoms with Gasteiger partial charge in [0.25, 0.3) is 0 Å². The molecule has 0 atom stereocenters. The fourth-order valence-electron chi connectivity index (χ4n) is 3.47. The lowest BCUT2D eigenvalue weighted by atomic mass is 10.1. The molecular formula is C20H17ClN4O2S. The van der Waals surface area contributed by atoms with Crippen LogP contribution in [0.2, 0.25) is 5.02 Å². The molecule has 1 aliphatic heterocycles. The van der Waals surface area contributed by atoms with Crippen molar-refractivity contribution in [3.8, 4) is 6.07 Å². The average molecular weight is 413 g/mol. The maximum absolute atomic E-state index is 13.0. The van der Waals surface area contributed by atoms with Crippen LogP contribution in [0.4, 0.5) is 5.69 Å². The number of sulfonamides is 1. The Kier molecular flexibility index (Phi) is 4.94. The summed E-state index contributed by atoms with van der Waals surface area (Å²) in [6.07, 6.45) is 1.74. The fraction of sp³-hybridized carbons (Fsp3) is 0.200. The molecule has 0 saturated carbocycles. The van der Waals surface area contributed by atoms with E-state index < -0.39 is 10.0 Å². The third-order valence-corrected chi connectivity index (χ3v) is 7.08. The third kappa shape index (κ3) is 3.31. The number of benzene rings is 2. The Bertz CT molecular complexity index is 1180. The van der Waals surface area contributed by atoms with Crippen LogP contribution in [0.3, 0.4) is 0 Å². The van der Waals surface area contributed by atoms with Gasteiger partial charge >= 0.3 is 0 Å². The predicted octanol–water partition coefficient (Wildman–Crippen LogP) is 3.27.